The van der Waals surface area contributed by atoms with Crippen molar-refractivity contribution in [1.29, 1.82) is 0 Å². The Balaban J connectivity index is 1.63. The number of carbonyl (C=O) groups excluding carboxylic acids is 1. The summed E-state index contributed by atoms with van der Waals surface area (Å²) in [5.41, 5.74) is 3.03. The van der Waals surface area contributed by atoms with E-state index in [1.807, 2.05) is 24.3 Å². The van der Waals surface area contributed by atoms with E-state index in [0.29, 0.717) is 6.04 Å². The number of amides is 1. The molecule has 0 saturated heterocycles. The molecule has 1 fully saturated rings. The number of benzene rings is 2. The van der Waals surface area contributed by atoms with Crippen LogP contribution in [0.4, 0.5) is 17.1 Å². The fourth-order valence-corrected chi connectivity index (χ4v) is 4.44. The summed E-state index contributed by atoms with van der Waals surface area (Å²) in [5.74, 6) is 0.671. The quantitative estimate of drug-likeness (QED) is 0.447. The summed E-state index contributed by atoms with van der Waals surface area (Å²) in [5, 5.41) is 6.52. The van der Waals surface area contributed by atoms with Gasteiger partial charge in [-0.05, 0) is 55.7 Å². The zero-order valence-electron chi connectivity index (χ0n) is 17.2. The van der Waals surface area contributed by atoms with Crippen LogP contribution in [0.25, 0.3) is 0 Å². The van der Waals surface area contributed by atoms with Crippen molar-refractivity contribution in [2.24, 2.45) is 0 Å². The molecule has 0 spiro atoms. The number of ether oxygens (including phenoxy) is 1. The van der Waals surface area contributed by atoms with Crippen molar-refractivity contribution >= 4 is 34.7 Å². The van der Waals surface area contributed by atoms with Crippen LogP contribution in [0.1, 0.15) is 19.3 Å². The Morgan fingerprint density at radius 2 is 2.10 bits per heavy atom. The number of hydrogen-bond donors (Lipinski definition) is 2. The lowest BCUT2D eigenvalue weighted by atomic mass is 10.1. The van der Waals surface area contributed by atoms with E-state index in [-0.39, 0.29) is 5.91 Å². The molecule has 2 aromatic rings. The first-order valence-electron chi connectivity index (χ1n) is 10.3. The van der Waals surface area contributed by atoms with Crippen LogP contribution in [0.5, 0.6) is 5.75 Å². The molecule has 6 heteroatoms. The lowest BCUT2D eigenvalue weighted by Gasteiger charge is -2.30. The third kappa shape index (κ3) is 5.00. The summed E-state index contributed by atoms with van der Waals surface area (Å²) in [6.45, 7) is 5.39. The molecule has 2 aromatic carbocycles. The summed E-state index contributed by atoms with van der Waals surface area (Å²) < 4.78 is 5.82. The van der Waals surface area contributed by atoms with Crippen molar-refractivity contribution < 1.29 is 9.53 Å². The van der Waals surface area contributed by atoms with Crippen LogP contribution in [-0.4, -0.2) is 32.1 Å². The van der Waals surface area contributed by atoms with Crippen molar-refractivity contribution in [2.75, 3.05) is 35.7 Å². The van der Waals surface area contributed by atoms with Crippen LogP contribution in [0.15, 0.2) is 71.0 Å². The third-order valence-corrected chi connectivity index (χ3v) is 6.06. The number of methoxy groups -OCH3 is 1. The van der Waals surface area contributed by atoms with Gasteiger partial charge in [0.25, 0.3) is 0 Å². The van der Waals surface area contributed by atoms with Gasteiger partial charge in [0.05, 0.1) is 12.8 Å². The molecule has 1 aliphatic carbocycles. The van der Waals surface area contributed by atoms with Gasteiger partial charge in [-0.3, -0.25) is 4.79 Å². The van der Waals surface area contributed by atoms with Crippen molar-refractivity contribution in [3.05, 3.63) is 61.2 Å². The van der Waals surface area contributed by atoms with Gasteiger partial charge in [0.15, 0.2) is 0 Å². The minimum absolute atomic E-state index is 0.213. The largest absolute Gasteiger partial charge is 0.494 e. The minimum atomic E-state index is -0.213. The Labute approximate surface area is 182 Å². The molecule has 30 heavy (non-hydrogen) atoms. The highest BCUT2D eigenvalue weighted by Gasteiger charge is 2.25. The van der Waals surface area contributed by atoms with E-state index in [9.17, 15) is 4.79 Å². The molecular weight excluding hydrogens is 394 g/mol. The minimum Gasteiger partial charge on any atom is -0.494 e. The highest BCUT2D eigenvalue weighted by atomic mass is 32.2. The zero-order valence-corrected chi connectivity index (χ0v) is 18.0. The molecule has 0 radical (unpaired) electrons. The zero-order chi connectivity index (χ0) is 20.9. The maximum atomic E-state index is 11.6. The molecule has 0 aromatic heterocycles. The molecule has 1 heterocycles. The van der Waals surface area contributed by atoms with E-state index in [2.05, 4.69) is 46.4 Å². The van der Waals surface area contributed by atoms with Crippen LogP contribution in [0, 0.1) is 0 Å². The second-order valence-electron chi connectivity index (χ2n) is 7.47. The summed E-state index contributed by atoms with van der Waals surface area (Å²) in [7, 11) is 1.74. The fourth-order valence-electron chi connectivity index (χ4n) is 3.49. The highest BCUT2D eigenvalue weighted by molar-refractivity contribution is 7.99. The molecule has 1 saturated carbocycles. The maximum Gasteiger partial charge on any atom is 0.247 e. The first-order valence-corrected chi connectivity index (χ1v) is 11.1. The molecule has 0 atom stereocenters. The van der Waals surface area contributed by atoms with E-state index in [1.165, 1.54) is 18.9 Å². The van der Waals surface area contributed by atoms with Crippen LogP contribution in [-0.2, 0) is 4.79 Å². The molecule has 156 valence electrons. The average molecular weight is 422 g/mol. The Bertz CT molecular complexity index is 969. The van der Waals surface area contributed by atoms with Gasteiger partial charge >= 0.3 is 0 Å². The van der Waals surface area contributed by atoms with Crippen molar-refractivity contribution in [2.45, 2.75) is 35.1 Å². The Hall–Kier alpha value is -2.86. The lowest BCUT2D eigenvalue weighted by molar-refractivity contribution is -0.111. The highest BCUT2D eigenvalue weighted by Crippen LogP contribution is 2.44. The third-order valence-electron chi connectivity index (χ3n) is 5.10. The smallest absolute Gasteiger partial charge is 0.247 e. The number of anilines is 3. The summed E-state index contributed by atoms with van der Waals surface area (Å²) in [4.78, 5) is 16.1. The second kappa shape index (κ2) is 9.30. The van der Waals surface area contributed by atoms with E-state index < -0.39 is 0 Å². The lowest BCUT2D eigenvalue weighted by Crippen LogP contribution is -2.28. The number of nitrogens with one attached hydrogen (secondary N) is 2. The molecule has 1 amide bonds. The van der Waals surface area contributed by atoms with Crippen LogP contribution in [0.2, 0.25) is 0 Å². The molecule has 5 nitrogen and oxygen atoms in total. The van der Waals surface area contributed by atoms with Gasteiger partial charge < -0.3 is 20.3 Å². The average Bonchev–Trinajstić information content (AvgIpc) is 3.58. The van der Waals surface area contributed by atoms with Crippen LogP contribution < -0.4 is 20.3 Å². The molecule has 0 bridgehead atoms. The van der Waals surface area contributed by atoms with Crippen molar-refractivity contribution in [1.82, 2.24) is 0 Å². The summed E-state index contributed by atoms with van der Waals surface area (Å²) >= 11 is 1.65. The Kier molecular flexibility index (Phi) is 6.33. The molecule has 2 aliphatic rings. The van der Waals surface area contributed by atoms with Gasteiger partial charge in [0, 0.05) is 34.6 Å². The van der Waals surface area contributed by atoms with E-state index in [4.69, 9.17) is 4.74 Å². The maximum absolute atomic E-state index is 11.6. The van der Waals surface area contributed by atoms with E-state index >= 15 is 0 Å². The normalized spacial score (nSPS) is 15.6. The predicted octanol–water partition coefficient (Wildman–Crippen LogP) is 5.31. The molecule has 4 rings (SSSR count). The Morgan fingerprint density at radius 3 is 2.80 bits per heavy atom. The number of rotatable bonds is 8. The van der Waals surface area contributed by atoms with Crippen LogP contribution >= 0.6 is 11.8 Å². The van der Waals surface area contributed by atoms with Crippen LogP contribution in [0.3, 0.4) is 0 Å². The monoisotopic (exact) mass is 421 g/mol. The summed E-state index contributed by atoms with van der Waals surface area (Å²) in [6.07, 6.45) is 9.20. The first kappa shape index (κ1) is 20.4. The van der Waals surface area contributed by atoms with E-state index in [1.54, 1.807) is 18.9 Å². The SMILES string of the molecule is C=CC(=O)Nc1cccc(Sc2cc(NC3CC3)c(N3CC=CCC3)c(OC)c2)c1. The van der Waals surface area contributed by atoms with Gasteiger partial charge in [-0.2, -0.15) is 0 Å². The molecular formula is C24H27N3O2S. The Morgan fingerprint density at radius 1 is 1.23 bits per heavy atom. The topological polar surface area (TPSA) is 53.6 Å². The van der Waals surface area contributed by atoms with Gasteiger partial charge in [0.2, 0.25) is 5.91 Å². The molecule has 2 N–H and O–H groups in total. The summed E-state index contributed by atoms with van der Waals surface area (Å²) in [6, 6.07) is 12.7. The number of carbonyl (C=O) groups is 1. The fraction of sp³-hybridized carbons (Fsp3) is 0.292. The number of nitrogens with zero attached hydrogens (tertiary/aromatic N) is 1. The second-order valence-corrected chi connectivity index (χ2v) is 8.62. The van der Waals surface area contributed by atoms with Crippen molar-refractivity contribution in [3.63, 3.8) is 0 Å². The van der Waals surface area contributed by atoms with Crippen molar-refractivity contribution in [3.8, 4) is 5.75 Å². The van der Waals surface area contributed by atoms with Gasteiger partial charge in [-0.25, -0.2) is 0 Å². The number of hydrogen-bond acceptors (Lipinski definition) is 5. The molecule has 0 unspecified atom stereocenters. The standard InChI is InChI=1S/C24H27N3O2S/c1-3-23(28)26-18-8-7-9-19(14-18)30-20-15-21(25-17-10-11-17)24(22(16-20)29-2)27-12-5-4-6-13-27/h3-5,7-9,14-17,25H,1,6,10-13H2,2H3,(H,26,28). The predicted molar refractivity (Wildman–Crippen MR) is 125 cm³/mol. The van der Waals surface area contributed by atoms with E-state index in [0.717, 1.165) is 52.1 Å². The van der Waals surface area contributed by atoms with Gasteiger partial charge in [-0.15, -0.1) is 0 Å². The van der Waals surface area contributed by atoms with Gasteiger partial charge in [0.1, 0.15) is 11.4 Å². The molecule has 1 aliphatic heterocycles. The van der Waals surface area contributed by atoms with Gasteiger partial charge in [-0.1, -0.05) is 36.6 Å². The first-order chi connectivity index (χ1) is 14.7.